The minimum Gasteiger partial charge on any atom is -0.373 e. The van der Waals surface area contributed by atoms with Crippen LogP contribution >= 0.6 is 0 Å². The van der Waals surface area contributed by atoms with Gasteiger partial charge in [0.2, 0.25) is 0 Å². The van der Waals surface area contributed by atoms with Crippen molar-refractivity contribution in [3.05, 3.63) is 35.4 Å². The molecule has 0 amide bonds. The molecule has 0 heterocycles. The van der Waals surface area contributed by atoms with E-state index in [-0.39, 0.29) is 5.56 Å². The highest BCUT2D eigenvalue weighted by Gasteiger charge is 2.43. The molecule has 0 bridgehead atoms. The van der Waals surface area contributed by atoms with E-state index >= 15 is 0 Å². The smallest absolute Gasteiger partial charge is 0.373 e. The molecule has 0 saturated heterocycles. The zero-order chi connectivity index (χ0) is 15.5. The Morgan fingerprint density at radius 3 is 2.38 bits per heavy atom. The first-order valence-corrected chi connectivity index (χ1v) is 7.46. The third-order valence-corrected chi connectivity index (χ3v) is 4.30. The van der Waals surface area contributed by atoms with Crippen molar-refractivity contribution in [2.75, 3.05) is 6.61 Å². The van der Waals surface area contributed by atoms with E-state index in [1.54, 1.807) is 6.07 Å². The first-order chi connectivity index (χ1) is 9.91. The normalized spacial score (nSPS) is 20.2. The Bertz CT molecular complexity index is 461. The standard InChI is InChI=1S/C16H22F3NO/c1-2-21-15(10-6-3-7-11-15)14(20)12-8-4-5-9-13(12)16(17,18)19/h4-5,8-9,14H,2-3,6-7,10-11,20H2,1H3. The Kier molecular flexibility index (Phi) is 4.94. The summed E-state index contributed by atoms with van der Waals surface area (Å²) in [5.41, 5.74) is 5.08. The fraction of sp³-hybridized carbons (Fsp3) is 0.625. The Labute approximate surface area is 123 Å². The molecule has 0 spiro atoms. The number of nitrogens with two attached hydrogens (primary N) is 1. The van der Waals surface area contributed by atoms with E-state index in [2.05, 4.69) is 0 Å². The molecule has 1 aromatic carbocycles. The zero-order valence-corrected chi connectivity index (χ0v) is 12.2. The SMILES string of the molecule is CCOC1(C(N)c2ccccc2C(F)(F)F)CCCCC1. The van der Waals surface area contributed by atoms with E-state index in [1.165, 1.54) is 12.1 Å². The summed E-state index contributed by atoms with van der Waals surface area (Å²) in [5.74, 6) is 0. The van der Waals surface area contributed by atoms with Gasteiger partial charge in [0, 0.05) is 6.61 Å². The lowest BCUT2D eigenvalue weighted by Gasteiger charge is -2.42. The minimum absolute atomic E-state index is 0.139. The first-order valence-electron chi connectivity index (χ1n) is 7.46. The summed E-state index contributed by atoms with van der Waals surface area (Å²) in [5, 5.41) is 0. The number of hydrogen-bond acceptors (Lipinski definition) is 2. The second-order valence-corrected chi connectivity index (χ2v) is 5.62. The van der Waals surface area contributed by atoms with Crippen LogP contribution in [0.2, 0.25) is 0 Å². The fourth-order valence-electron chi connectivity index (χ4n) is 3.29. The van der Waals surface area contributed by atoms with Crippen molar-refractivity contribution in [3.8, 4) is 0 Å². The van der Waals surface area contributed by atoms with Gasteiger partial charge >= 0.3 is 6.18 Å². The molecule has 1 atom stereocenters. The van der Waals surface area contributed by atoms with Gasteiger partial charge in [-0.3, -0.25) is 0 Å². The third kappa shape index (κ3) is 3.40. The highest BCUT2D eigenvalue weighted by molar-refractivity contribution is 5.34. The maximum Gasteiger partial charge on any atom is 0.416 e. The largest absolute Gasteiger partial charge is 0.416 e. The Hall–Kier alpha value is -1.07. The van der Waals surface area contributed by atoms with Crippen LogP contribution in [0.15, 0.2) is 24.3 Å². The maximum absolute atomic E-state index is 13.2. The van der Waals surface area contributed by atoms with Crippen molar-refractivity contribution in [1.82, 2.24) is 0 Å². The van der Waals surface area contributed by atoms with Crippen LogP contribution in [0, 0.1) is 0 Å². The summed E-state index contributed by atoms with van der Waals surface area (Å²) in [6.45, 7) is 2.32. The monoisotopic (exact) mass is 301 g/mol. The number of hydrogen-bond donors (Lipinski definition) is 1. The molecule has 1 fully saturated rings. The van der Waals surface area contributed by atoms with Crippen LogP contribution in [-0.2, 0) is 10.9 Å². The Balaban J connectivity index is 2.39. The molecule has 1 saturated carbocycles. The van der Waals surface area contributed by atoms with Crippen LogP contribution in [0.4, 0.5) is 13.2 Å². The van der Waals surface area contributed by atoms with E-state index in [9.17, 15) is 13.2 Å². The Morgan fingerprint density at radius 2 is 1.81 bits per heavy atom. The van der Waals surface area contributed by atoms with Crippen molar-refractivity contribution < 1.29 is 17.9 Å². The quantitative estimate of drug-likeness (QED) is 0.892. The molecular weight excluding hydrogens is 279 g/mol. The van der Waals surface area contributed by atoms with Crippen molar-refractivity contribution in [3.63, 3.8) is 0 Å². The van der Waals surface area contributed by atoms with Gasteiger partial charge in [0.1, 0.15) is 0 Å². The number of rotatable bonds is 4. The van der Waals surface area contributed by atoms with E-state index in [0.717, 1.165) is 25.3 Å². The number of benzene rings is 1. The van der Waals surface area contributed by atoms with Crippen molar-refractivity contribution in [2.24, 2.45) is 5.73 Å². The molecule has 118 valence electrons. The molecule has 0 aromatic heterocycles. The summed E-state index contributed by atoms with van der Waals surface area (Å²) in [6, 6.07) is 4.82. The third-order valence-electron chi connectivity index (χ3n) is 4.30. The predicted molar refractivity (Wildman–Crippen MR) is 75.8 cm³/mol. The lowest BCUT2D eigenvalue weighted by atomic mass is 9.76. The van der Waals surface area contributed by atoms with E-state index < -0.39 is 23.4 Å². The van der Waals surface area contributed by atoms with Gasteiger partial charge in [0.25, 0.3) is 0 Å². The van der Waals surface area contributed by atoms with Crippen LogP contribution < -0.4 is 5.73 Å². The average molecular weight is 301 g/mol. The van der Waals surface area contributed by atoms with Gasteiger partial charge in [-0.2, -0.15) is 13.2 Å². The highest BCUT2D eigenvalue weighted by Crippen LogP contribution is 2.43. The fourth-order valence-corrected chi connectivity index (χ4v) is 3.29. The van der Waals surface area contributed by atoms with Crippen molar-refractivity contribution in [1.29, 1.82) is 0 Å². The van der Waals surface area contributed by atoms with Crippen LogP contribution in [0.1, 0.15) is 56.2 Å². The second kappa shape index (κ2) is 6.36. The lowest BCUT2D eigenvalue weighted by Crippen LogP contribution is -2.46. The topological polar surface area (TPSA) is 35.2 Å². The highest BCUT2D eigenvalue weighted by atomic mass is 19.4. The summed E-state index contributed by atoms with van der Waals surface area (Å²) in [7, 11) is 0. The van der Waals surface area contributed by atoms with Gasteiger partial charge in [-0.25, -0.2) is 0 Å². The molecule has 0 aliphatic heterocycles. The lowest BCUT2D eigenvalue weighted by molar-refractivity contribution is -0.140. The minimum atomic E-state index is -4.39. The molecule has 1 aliphatic rings. The molecular formula is C16H22F3NO. The van der Waals surface area contributed by atoms with Crippen LogP contribution in [0.5, 0.6) is 0 Å². The van der Waals surface area contributed by atoms with Gasteiger partial charge in [-0.05, 0) is 31.4 Å². The van der Waals surface area contributed by atoms with Crippen molar-refractivity contribution >= 4 is 0 Å². The van der Waals surface area contributed by atoms with Crippen LogP contribution in [0.25, 0.3) is 0 Å². The molecule has 1 aromatic rings. The van der Waals surface area contributed by atoms with Gasteiger partial charge in [0.05, 0.1) is 17.2 Å². The van der Waals surface area contributed by atoms with E-state index in [1.807, 2.05) is 6.92 Å². The molecule has 2 nitrogen and oxygen atoms in total. The molecule has 0 radical (unpaired) electrons. The van der Waals surface area contributed by atoms with E-state index in [4.69, 9.17) is 10.5 Å². The number of alkyl halides is 3. The Morgan fingerprint density at radius 1 is 1.19 bits per heavy atom. The van der Waals surface area contributed by atoms with Crippen LogP contribution in [-0.4, -0.2) is 12.2 Å². The summed E-state index contributed by atoms with van der Waals surface area (Å²) < 4.78 is 45.4. The molecule has 5 heteroatoms. The number of ether oxygens (including phenoxy) is 1. The second-order valence-electron chi connectivity index (χ2n) is 5.62. The summed E-state index contributed by atoms with van der Waals surface area (Å²) >= 11 is 0. The van der Waals surface area contributed by atoms with Gasteiger partial charge in [-0.15, -0.1) is 0 Å². The molecule has 1 aliphatic carbocycles. The van der Waals surface area contributed by atoms with E-state index in [0.29, 0.717) is 19.4 Å². The zero-order valence-electron chi connectivity index (χ0n) is 12.2. The van der Waals surface area contributed by atoms with Gasteiger partial charge in [-0.1, -0.05) is 37.5 Å². The molecule has 21 heavy (non-hydrogen) atoms. The van der Waals surface area contributed by atoms with Crippen LogP contribution in [0.3, 0.4) is 0 Å². The van der Waals surface area contributed by atoms with Gasteiger partial charge < -0.3 is 10.5 Å². The van der Waals surface area contributed by atoms with Gasteiger partial charge in [0.15, 0.2) is 0 Å². The summed E-state index contributed by atoms with van der Waals surface area (Å²) in [6.07, 6.45) is 0.0188. The predicted octanol–water partition coefficient (Wildman–Crippen LogP) is 4.44. The van der Waals surface area contributed by atoms with Crippen molar-refractivity contribution in [2.45, 2.75) is 56.8 Å². The molecule has 2 rings (SSSR count). The summed E-state index contributed by atoms with van der Waals surface area (Å²) in [4.78, 5) is 0. The maximum atomic E-state index is 13.2. The average Bonchev–Trinajstić information content (AvgIpc) is 2.47. The first kappa shape index (κ1) is 16.3. The number of halogens is 3. The molecule has 2 N–H and O–H groups in total. The molecule has 1 unspecified atom stereocenters.